The molecular weight excluding hydrogens is 435 g/mol. The van der Waals surface area contributed by atoms with E-state index in [1.807, 2.05) is 0 Å². The molecule has 7 nitrogen and oxygen atoms in total. The van der Waals surface area contributed by atoms with Crippen LogP contribution in [0.4, 0.5) is 10.1 Å². The molecule has 0 radical (unpaired) electrons. The van der Waals surface area contributed by atoms with E-state index in [0.717, 1.165) is 0 Å². The third-order valence-corrected chi connectivity index (χ3v) is 6.76. The highest BCUT2D eigenvalue weighted by atomic mass is 32.2. The molecular formula is C23H21FN2O5S. The van der Waals surface area contributed by atoms with Crippen LogP contribution in [-0.2, 0) is 14.8 Å². The Labute approximate surface area is 185 Å². The molecule has 1 aliphatic heterocycles. The highest BCUT2D eigenvalue weighted by molar-refractivity contribution is 7.89. The van der Waals surface area contributed by atoms with Crippen LogP contribution in [0.3, 0.4) is 0 Å². The summed E-state index contributed by atoms with van der Waals surface area (Å²) in [5.41, 5.74) is 0.744. The third-order valence-electron chi connectivity index (χ3n) is 4.87. The Morgan fingerprint density at radius 2 is 1.56 bits per heavy atom. The molecule has 1 N–H and O–H groups in total. The van der Waals surface area contributed by atoms with Gasteiger partial charge in [0.2, 0.25) is 10.0 Å². The number of nitrogens with zero attached hydrogens (tertiary/aromatic N) is 1. The lowest BCUT2D eigenvalue weighted by molar-refractivity contribution is 0.0730. The average Bonchev–Trinajstić information content (AvgIpc) is 2.82. The van der Waals surface area contributed by atoms with Gasteiger partial charge in [-0.15, -0.1) is 0 Å². The van der Waals surface area contributed by atoms with Gasteiger partial charge in [-0.3, -0.25) is 4.79 Å². The van der Waals surface area contributed by atoms with Gasteiger partial charge in [-0.2, -0.15) is 4.31 Å². The monoisotopic (exact) mass is 456 g/mol. The van der Waals surface area contributed by atoms with Crippen molar-refractivity contribution in [2.45, 2.75) is 4.90 Å². The molecule has 0 spiro atoms. The largest absolute Gasteiger partial charge is 0.457 e. The molecule has 3 aromatic carbocycles. The minimum atomic E-state index is -3.66. The number of anilines is 1. The number of halogens is 1. The van der Waals surface area contributed by atoms with Crippen molar-refractivity contribution in [3.05, 3.63) is 84.2 Å². The van der Waals surface area contributed by atoms with E-state index >= 15 is 0 Å². The van der Waals surface area contributed by atoms with Gasteiger partial charge < -0.3 is 14.8 Å². The van der Waals surface area contributed by atoms with Gasteiger partial charge in [-0.1, -0.05) is 6.07 Å². The Morgan fingerprint density at radius 3 is 2.22 bits per heavy atom. The zero-order chi connectivity index (χ0) is 22.6. The molecule has 1 amide bonds. The lowest BCUT2D eigenvalue weighted by Gasteiger charge is -2.26. The summed E-state index contributed by atoms with van der Waals surface area (Å²) in [6.07, 6.45) is 0. The first-order chi connectivity index (χ1) is 15.4. The molecule has 0 unspecified atom stereocenters. The van der Waals surface area contributed by atoms with E-state index < -0.39 is 10.0 Å². The van der Waals surface area contributed by atoms with Crippen LogP contribution >= 0.6 is 0 Å². The van der Waals surface area contributed by atoms with Crippen LogP contribution in [0.15, 0.2) is 77.7 Å². The molecule has 1 heterocycles. The first kappa shape index (κ1) is 21.9. The summed E-state index contributed by atoms with van der Waals surface area (Å²) >= 11 is 0. The van der Waals surface area contributed by atoms with Crippen molar-refractivity contribution in [1.29, 1.82) is 0 Å². The summed E-state index contributed by atoms with van der Waals surface area (Å²) in [4.78, 5) is 12.7. The Hall–Kier alpha value is -3.27. The van der Waals surface area contributed by atoms with Crippen molar-refractivity contribution in [3.8, 4) is 11.5 Å². The van der Waals surface area contributed by atoms with Crippen LogP contribution in [-0.4, -0.2) is 44.9 Å². The maximum absolute atomic E-state index is 13.0. The summed E-state index contributed by atoms with van der Waals surface area (Å²) in [5.74, 6) is 0.221. The second-order valence-corrected chi connectivity index (χ2v) is 9.02. The van der Waals surface area contributed by atoms with E-state index in [4.69, 9.17) is 9.47 Å². The zero-order valence-corrected chi connectivity index (χ0v) is 17.8. The van der Waals surface area contributed by atoms with Gasteiger partial charge in [0.15, 0.2) is 0 Å². The van der Waals surface area contributed by atoms with Gasteiger partial charge >= 0.3 is 0 Å². The van der Waals surface area contributed by atoms with Crippen molar-refractivity contribution >= 4 is 21.6 Å². The molecule has 32 heavy (non-hydrogen) atoms. The summed E-state index contributed by atoms with van der Waals surface area (Å²) in [6, 6.07) is 18.2. The number of morpholine rings is 1. The van der Waals surface area contributed by atoms with Gasteiger partial charge in [0.25, 0.3) is 5.91 Å². The van der Waals surface area contributed by atoms with E-state index in [2.05, 4.69) is 5.32 Å². The first-order valence-corrected chi connectivity index (χ1v) is 11.4. The number of amides is 1. The molecule has 166 valence electrons. The Bertz CT molecular complexity index is 1190. The molecule has 0 aliphatic carbocycles. The minimum Gasteiger partial charge on any atom is -0.457 e. The number of rotatable bonds is 6. The van der Waals surface area contributed by atoms with Crippen LogP contribution in [0.1, 0.15) is 10.4 Å². The van der Waals surface area contributed by atoms with Crippen molar-refractivity contribution in [2.24, 2.45) is 0 Å². The smallest absolute Gasteiger partial charge is 0.255 e. The van der Waals surface area contributed by atoms with Crippen LogP contribution in [0.25, 0.3) is 0 Å². The van der Waals surface area contributed by atoms with E-state index in [9.17, 15) is 17.6 Å². The van der Waals surface area contributed by atoms with E-state index in [1.165, 1.54) is 40.7 Å². The molecule has 1 saturated heterocycles. The highest BCUT2D eigenvalue weighted by Crippen LogP contribution is 2.23. The predicted molar refractivity (Wildman–Crippen MR) is 117 cm³/mol. The van der Waals surface area contributed by atoms with Crippen molar-refractivity contribution in [1.82, 2.24) is 4.31 Å². The number of nitrogens with one attached hydrogen (secondary N) is 1. The number of carbonyl (C=O) groups is 1. The van der Waals surface area contributed by atoms with Crippen molar-refractivity contribution < 1.29 is 27.1 Å². The van der Waals surface area contributed by atoms with Crippen LogP contribution < -0.4 is 10.1 Å². The van der Waals surface area contributed by atoms with Gasteiger partial charge in [0.05, 0.1) is 18.1 Å². The van der Waals surface area contributed by atoms with Crippen LogP contribution in [0.5, 0.6) is 11.5 Å². The van der Waals surface area contributed by atoms with E-state index in [1.54, 1.807) is 36.4 Å². The number of benzene rings is 3. The van der Waals surface area contributed by atoms with Gasteiger partial charge in [-0.25, -0.2) is 12.8 Å². The maximum atomic E-state index is 13.0. The highest BCUT2D eigenvalue weighted by Gasteiger charge is 2.26. The van der Waals surface area contributed by atoms with Gasteiger partial charge in [0, 0.05) is 24.3 Å². The minimum absolute atomic E-state index is 0.111. The summed E-state index contributed by atoms with van der Waals surface area (Å²) in [7, 11) is -3.66. The number of ether oxygens (including phenoxy) is 2. The molecule has 0 saturated carbocycles. The average molecular weight is 456 g/mol. The van der Waals surface area contributed by atoms with Gasteiger partial charge in [-0.05, 0) is 66.7 Å². The fraction of sp³-hybridized carbons (Fsp3) is 0.174. The molecule has 1 aliphatic rings. The SMILES string of the molecule is O=C(Nc1cccc(S(=O)(=O)N2CCOCC2)c1)c1ccc(Oc2ccc(F)cc2)cc1. The normalized spacial score (nSPS) is 14.7. The van der Waals surface area contributed by atoms with Crippen molar-refractivity contribution in [3.63, 3.8) is 0 Å². The second-order valence-electron chi connectivity index (χ2n) is 7.08. The second kappa shape index (κ2) is 9.47. The van der Waals surface area contributed by atoms with Gasteiger partial charge in [0.1, 0.15) is 17.3 Å². The molecule has 9 heteroatoms. The number of hydrogen-bond donors (Lipinski definition) is 1. The molecule has 1 fully saturated rings. The number of carbonyl (C=O) groups excluding carboxylic acids is 1. The predicted octanol–water partition coefficient (Wildman–Crippen LogP) is 3.89. The fourth-order valence-electron chi connectivity index (χ4n) is 3.19. The molecule has 0 aromatic heterocycles. The third kappa shape index (κ3) is 5.13. The number of hydrogen-bond acceptors (Lipinski definition) is 5. The standard InChI is InChI=1S/C23H21FN2O5S/c24-18-6-10-21(11-7-18)31-20-8-4-17(5-9-20)23(27)25-19-2-1-3-22(16-19)32(28,29)26-12-14-30-15-13-26/h1-11,16H,12-15H2,(H,25,27). The maximum Gasteiger partial charge on any atom is 0.255 e. The number of sulfonamides is 1. The Kier molecular flexibility index (Phi) is 6.50. The topological polar surface area (TPSA) is 84.9 Å². The first-order valence-electron chi connectivity index (χ1n) is 9.95. The zero-order valence-electron chi connectivity index (χ0n) is 17.0. The lowest BCUT2D eigenvalue weighted by Crippen LogP contribution is -2.40. The Balaban J connectivity index is 1.43. The van der Waals surface area contributed by atoms with Crippen molar-refractivity contribution in [2.75, 3.05) is 31.6 Å². The fourth-order valence-corrected chi connectivity index (χ4v) is 4.64. The quantitative estimate of drug-likeness (QED) is 0.608. The van der Waals surface area contributed by atoms with Crippen LogP contribution in [0, 0.1) is 5.82 Å². The van der Waals surface area contributed by atoms with E-state index in [0.29, 0.717) is 49.1 Å². The lowest BCUT2D eigenvalue weighted by atomic mass is 10.2. The molecule has 3 aromatic rings. The van der Waals surface area contributed by atoms with Crippen LogP contribution in [0.2, 0.25) is 0 Å². The summed E-state index contributed by atoms with van der Waals surface area (Å²) in [5, 5.41) is 2.72. The Morgan fingerprint density at radius 1 is 0.938 bits per heavy atom. The molecule has 4 rings (SSSR count). The summed E-state index contributed by atoms with van der Waals surface area (Å²) in [6.45, 7) is 1.31. The molecule has 0 bridgehead atoms. The van der Waals surface area contributed by atoms with E-state index in [-0.39, 0.29) is 16.6 Å². The summed E-state index contributed by atoms with van der Waals surface area (Å²) < 4.78 is 50.8. The molecule has 0 atom stereocenters.